The summed E-state index contributed by atoms with van der Waals surface area (Å²) in [6.07, 6.45) is 2.37. The molecule has 0 atom stereocenters. The van der Waals surface area contributed by atoms with E-state index in [1.807, 2.05) is 26.1 Å². The van der Waals surface area contributed by atoms with Crippen LogP contribution in [0.4, 0.5) is 5.69 Å². The second kappa shape index (κ2) is 6.70. The summed E-state index contributed by atoms with van der Waals surface area (Å²) in [5.74, 6) is 0. The number of nitrogens with one attached hydrogen (secondary N) is 2. The van der Waals surface area contributed by atoms with Crippen LogP contribution in [0.2, 0.25) is 5.02 Å². The van der Waals surface area contributed by atoms with Gasteiger partial charge in [-0.05, 0) is 51.1 Å². The lowest BCUT2D eigenvalue weighted by atomic mass is 10.2. The number of anilines is 1. The van der Waals surface area contributed by atoms with Gasteiger partial charge in [0.15, 0.2) is 0 Å². The van der Waals surface area contributed by atoms with Gasteiger partial charge in [0.1, 0.15) is 0 Å². The highest BCUT2D eigenvalue weighted by Gasteiger charge is 2.00. The quantitative estimate of drug-likeness (QED) is 0.729. The van der Waals surface area contributed by atoms with Gasteiger partial charge in [0, 0.05) is 17.3 Å². The van der Waals surface area contributed by atoms with E-state index >= 15 is 0 Å². The van der Waals surface area contributed by atoms with Gasteiger partial charge >= 0.3 is 0 Å². The average molecular weight is 227 g/mol. The molecule has 0 saturated carbocycles. The molecule has 0 aliphatic heterocycles. The highest BCUT2D eigenvalue weighted by molar-refractivity contribution is 6.31. The molecule has 0 spiro atoms. The maximum atomic E-state index is 6.03. The molecule has 0 heterocycles. The largest absolute Gasteiger partial charge is 0.385 e. The summed E-state index contributed by atoms with van der Waals surface area (Å²) in [6.45, 7) is 4.12. The van der Waals surface area contributed by atoms with E-state index in [0.717, 1.165) is 29.4 Å². The Morgan fingerprint density at radius 3 is 2.67 bits per heavy atom. The predicted octanol–water partition coefficient (Wildman–Crippen LogP) is 3.06. The fraction of sp³-hybridized carbons (Fsp3) is 0.500. The summed E-state index contributed by atoms with van der Waals surface area (Å²) in [4.78, 5) is 0. The summed E-state index contributed by atoms with van der Waals surface area (Å²) in [5, 5.41) is 7.37. The van der Waals surface area contributed by atoms with Crippen molar-refractivity contribution in [2.75, 3.05) is 25.5 Å². The molecular weight excluding hydrogens is 208 g/mol. The molecule has 2 N–H and O–H groups in total. The minimum Gasteiger partial charge on any atom is -0.385 e. The Hall–Kier alpha value is -0.730. The van der Waals surface area contributed by atoms with Crippen molar-refractivity contribution >= 4 is 17.3 Å². The minimum absolute atomic E-state index is 0.829. The molecule has 0 unspecified atom stereocenters. The fourth-order valence-electron chi connectivity index (χ4n) is 1.45. The van der Waals surface area contributed by atoms with Gasteiger partial charge in [0.25, 0.3) is 0 Å². The number of hydrogen-bond acceptors (Lipinski definition) is 2. The van der Waals surface area contributed by atoms with E-state index in [0.29, 0.717) is 0 Å². The Balaban J connectivity index is 2.34. The highest BCUT2D eigenvalue weighted by Crippen LogP contribution is 2.22. The van der Waals surface area contributed by atoms with Crippen molar-refractivity contribution in [2.24, 2.45) is 0 Å². The molecule has 2 nitrogen and oxygen atoms in total. The van der Waals surface area contributed by atoms with Gasteiger partial charge < -0.3 is 10.6 Å². The molecular formula is C12H19ClN2. The number of unbranched alkanes of at least 4 members (excludes halogenated alkanes) is 1. The van der Waals surface area contributed by atoms with Gasteiger partial charge in [-0.3, -0.25) is 0 Å². The van der Waals surface area contributed by atoms with E-state index in [1.165, 1.54) is 12.8 Å². The summed E-state index contributed by atoms with van der Waals surface area (Å²) >= 11 is 6.03. The molecule has 0 amide bonds. The number of rotatable bonds is 6. The summed E-state index contributed by atoms with van der Waals surface area (Å²) in [7, 11) is 1.98. The Morgan fingerprint density at radius 2 is 1.93 bits per heavy atom. The zero-order valence-corrected chi connectivity index (χ0v) is 10.2. The lowest BCUT2D eigenvalue weighted by Crippen LogP contribution is -2.10. The molecule has 0 aliphatic rings. The van der Waals surface area contributed by atoms with E-state index in [9.17, 15) is 0 Å². The fourth-order valence-corrected chi connectivity index (χ4v) is 1.62. The molecule has 1 aromatic carbocycles. The maximum absolute atomic E-state index is 6.03. The molecule has 0 fully saturated rings. The third kappa shape index (κ3) is 4.10. The normalized spacial score (nSPS) is 10.3. The van der Waals surface area contributed by atoms with E-state index in [1.54, 1.807) is 0 Å². The van der Waals surface area contributed by atoms with Crippen LogP contribution in [0.3, 0.4) is 0 Å². The van der Waals surface area contributed by atoms with Crippen molar-refractivity contribution in [2.45, 2.75) is 19.8 Å². The number of hydrogen-bond donors (Lipinski definition) is 2. The second-order valence-electron chi connectivity index (χ2n) is 3.65. The topological polar surface area (TPSA) is 24.1 Å². The minimum atomic E-state index is 0.829. The van der Waals surface area contributed by atoms with Crippen LogP contribution < -0.4 is 10.6 Å². The van der Waals surface area contributed by atoms with Crippen molar-refractivity contribution in [3.8, 4) is 0 Å². The van der Waals surface area contributed by atoms with Crippen LogP contribution in [-0.4, -0.2) is 20.1 Å². The van der Waals surface area contributed by atoms with Gasteiger partial charge in [0.05, 0.1) is 0 Å². The summed E-state index contributed by atoms with van der Waals surface area (Å²) < 4.78 is 0. The van der Waals surface area contributed by atoms with Crippen LogP contribution in [0.15, 0.2) is 18.2 Å². The lowest BCUT2D eigenvalue weighted by Gasteiger charge is -2.10. The van der Waals surface area contributed by atoms with Crippen LogP contribution in [-0.2, 0) is 0 Å². The Morgan fingerprint density at radius 1 is 1.20 bits per heavy atom. The second-order valence-corrected chi connectivity index (χ2v) is 4.06. The molecule has 0 radical (unpaired) electrons. The van der Waals surface area contributed by atoms with Gasteiger partial charge in [-0.2, -0.15) is 0 Å². The van der Waals surface area contributed by atoms with Crippen molar-refractivity contribution in [3.63, 3.8) is 0 Å². The number of halogens is 1. The Kier molecular flexibility index (Phi) is 5.51. The molecule has 84 valence electrons. The first-order valence-corrected chi connectivity index (χ1v) is 5.77. The third-order valence-corrected chi connectivity index (χ3v) is 2.85. The monoisotopic (exact) mass is 226 g/mol. The maximum Gasteiger partial charge on any atom is 0.0455 e. The van der Waals surface area contributed by atoms with Gasteiger partial charge in [0.2, 0.25) is 0 Å². The Bertz CT molecular complexity index is 300. The van der Waals surface area contributed by atoms with Crippen LogP contribution in [0.1, 0.15) is 18.4 Å². The molecule has 3 heteroatoms. The summed E-state index contributed by atoms with van der Waals surface area (Å²) in [6, 6.07) is 5.97. The van der Waals surface area contributed by atoms with Crippen molar-refractivity contribution < 1.29 is 0 Å². The van der Waals surface area contributed by atoms with Crippen molar-refractivity contribution in [3.05, 3.63) is 28.8 Å². The SMILES string of the molecule is CNCCCCNc1cccc(Cl)c1C. The molecule has 1 aromatic rings. The average Bonchev–Trinajstić information content (AvgIpc) is 2.24. The van der Waals surface area contributed by atoms with Gasteiger partial charge in [-0.1, -0.05) is 17.7 Å². The van der Waals surface area contributed by atoms with Crippen molar-refractivity contribution in [1.82, 2.24) is 5.32 Å². The molecule has 0 saturated heterocycles. The standard InChI is InChI=1S/C12H19ClN2/c1-10-11(13)6-5-7-12(10)15-9-4-3-8-14-2/h5-7,14-15H,3-4,8-9H2,1-2H3. The van der Waals surface area contributed by atoms with Crippen LogP contribution in [0, 0.1) is 6.92 Å². The predicted molar refractivity (Wildman–Crippen MR) is 67.8 cm³/mol. The van der Waals surface area contributed by atoms with Gasteiger partial charge in [-0.25, -0.2) is 0 Å². The summed E-state index contributed by atoms with van der Waals surface area (Å²) in [5.41, 5.74) is 2.28. The first-order chi connectivity index (χ1) is 7.25. The van der Waals surface area contributed by atoms with Crippen LogP contribution in [0.5, 0.6) is 0 Å². The van der Waals surface area contributed by atoms with E-state index < -0.39 is 0 Å². The van der Waals surface area contributed by atoms with Crippen molar-refractivity contribution in [1.29, 1.82) is 0 Å². The zero-order valence-electron chi connectivity index (χ0n) is 9.44. The number of benzene rings is 1. The first-order valence-electron chi connectivity index (χ1n) is 5.39. The van der Waals surface area contributed by atoms with Crippen LogP contribution >= 0.6 is 11.6 Å². The van der Waals surface area contributed by atoms with E-state index in [4.69, 9.17) is 11.6 Å². The van der Waals surface area contributed by atoms with E-state index in [-0.39, 0.29) is 0 Å². The smallest absolute Gasteiger partial charge is 0.0455 e. The molecule has 0 bridgehead atoms. The highest BCUT2D eigenvalue weighted by atomic mass is 35.5. The zero-order chi connectivity index (χ0) is 11.1. The van der Waals surface area contributed by atoms with Crippen LogP contribution in [0.25, 0.3) is 0 Å². The van der Waals surface area contributed by atoms with E-state index in [2.05, 4.69) is 16.7 Å². The first kappa shape index (κ1) is 12.3. The van der Waals surface area contributed by atoms with Gasteiger partial charge in [-0.15, -0.1) is 0 Å². The molecule has 0 aliphatic carbocycles. The lowest BCUT2D eigenvalue weighted by molar-refractivity contribution is 0.694. The molecule has 0 aromatic heterocycles. The third-order valence-electron chi connectivity index (χ3n) is 2.44. The Labute approximate surface area is 97.0 Å². The molecule has 1 rings (SSSR count). The molecule has 15 heavy (non-hydrogen) atoms.